The number of aliphatic hydroxyl groups is 1. The molecule has 0 aliphatic rings. The molecule has 102 valence electrons. The number of nitrogens with one attached hydrogen (secondary N) is 1. The van der Waals surface area contributed by atoms with Gasteiger partial charge in [-0.25, -0.2) is 0 Å². The molecule has 0 unspecified atom stereocenters. The fourth-order valence-corrected chi connectivity index (χ4v) is 1.78. The van der Waals surface area contributed by atoms with Crippen LogP contribution in [-0.2, 0) is 6.42 Å². The van der Waals surface area contributed by atoms with Gasteiger partial charge in [0.1, 0.15) is 11.3 Å². The van der Waals surface area contributed by atoms with Gasteiger partial charge in [0.25, 0.3) is 5.91 Å². The Morgan fingerprint density at radius 2 is 2.00 bits per heavy atom. The van der Waals surface area contributed by atoms with Crippen molar-refractivity contribution in [3.63, 3.8) is 0 Å². The van der Waals surface area contributed by atoms with E-state index < -0.39 is 5.60 Å². The highest BCUT2D eigenvalue weighted by Gasteiger charge is 2.25. The molecule has 0 bridgehead atoms. The number of hydrogen-bond donors (Lipinski definition) is 2. The lowest BCUT2D eigenvalue weighted by atomic mass is 9.97. The molecule has 0 saturated carbocycles. The van der Waals surface area contributed by atoms with E-state index in [1.807, 2.05) is 20.8 Å². The maximum atomic E-state index is 12.1. The number of carbonyl (C=O) groups excluding carboxylic acids is 1. The summed E-state index contributed by atoms with van der Waals surface area (Å²) in [6.45, 7) is 7.68. The van der Waals surface area contributed by atoms with Gasteiger partial charge in [-0.15, -0.1) is 0 Å². The summed E-state index contributed by atoms with van der Waals surface area (Å²) in [4.78, 5) is 12.1. The van der Waals surface area contributed by atoms with E-state index in [-0.39, 0.29) is 12.5 Å². The summed E-state index contributed by atoms with van der Waals surface area (Å²) in [5, 5.41) is 16.7. The van der Waals surface area contributed by atoms with Crippen molar-refractivity contribution in [2.24, 2.45) is 0 Å². The van der Waals surface area contributed by atoms with Gasteiger partial charge < -0.3 is 14.9 Å². The van der Waals surface area contributed by atoms with Gasteiger partial charge in [-0.3, -0.25) is 4.79 Å². The number of amides is 1. The highest BCUT2D eigenvalue weighted by atomic mass is 16.5. The largest absolute Gasteiger partial charge is 0.388 e. The molecule has 0 spiro atoms. The summed E-state index contributed by atoms with van der Waals surface area (Å²) >= 11 is 0. The lowest BCUT2D eigenvalue weighted by Gasteiger charge is -2.25. The highest BCUT2D eigenvalue weighted by Crippen LogP contribution is 2.16. The van der Waals surface area contributed by atoms with E-state index in [0.29, 0.717) is 36.3 Å². The topological polar surface area (TPSA) is 75.4 Å². The van der Waals surface area contributed by atoms with Crippen molar-refractivity contribution in [2.45, 2.75) is 52.6 Å². The number of aryl methyl sites for hydroxylation is 2. The summed E-state index contributed by atoms with van der Waals surface area (Å²) < 4.78 is 5.02. The van der Waals surface area contributed by atoms with E-state index in [0.717, 1.165) is 0 Å². The van der Waals surface area contributed by atoms with Gasteiger partial charge in [0.2, 0.25) is 0 Å². The monoisotopic (exact) mass is 254 g/mol. The van der Waals surface area contributed by atoms with Crippen LogP contribution < -0.4 is 5.32 Å². The number of aromatic nitrogens is 1. The molecule has 0 aliphatic carbocycles. The first-order valence-corrected chi connectivity index (χ1v) is 6.43. The zero-order chi connectivity index (χ0) is 13.8. The van der Waals surface area contributed by atoms with Gasteiger partial charge in [0.05, 0.1) is 11.3 Å². The Balaban J connectivity index is 2.74. The summed E-state index contributed by atoms with van der Waals surface area (Å²) in [5.41, 5.74) is 0.307. The van der Waals surface area contributed by atoms with E-state index in [1.165, 1.54) is 0 Å². The molecule has 1 heterocycles. The molecule has 0 atom stereocenters. The lowest BCUT2D eigenvalue weighted by Crippen LogP contribution is -2.42. The second kappa shape index (κ2) is 6.00. The maximum absolute atomic E-state index is 12.1. The van der Waals surface area contributed by atoms with Crippen molar-refractivity contribution in [3.8, 4) is 0 Å². The molecule has 5 nitrogen and oxygen atoms in total. The first-order valence-electron chi connectivity index (χ1n) is 6.43. The normalized spacial score (nSPS) is 11.6. The molecule has 1 aromatic heterocycles. The van der Waals surface area contributed by atoms with Gasteiger partial charge in [0.15, 0.2) is 0 Å². The Labute approximate surface area is 108 Å². The lowest BCUT2D eigenvalue weighted by molar-refractivity contribution is 0.0313. The first-order chi connectivity index (χ1) is 8.47. The predicted molar refractivity (Wildman–Crippen MR) is 68.5 cm³/mol. The van der Waals surface area contributed by atoms with Crippen LogP contribution in [0.15, 0.2) is 4.52 Å². The Bertz CT molecular complexity index is 408. The molecule has 0 aliphatic heterocycles. The zero-order valence-corrected chi connectivity index (χ0v) is 11.5. The van der Waals surface area contributed by atoms with Crippen LogP contribution in [-0.4, -0.2) is 28.3 Å². The molecule has 2 N–H and O–H groups in total. The first kappa shape index (κ1) is 14.7. The van der Waals surface area contributed by atoms with E-state index in [1.54, 1.807) is 6.92 Å². The third-order valence-electron chi connectivity index (χ3n) is 3.39. The van der Waals surface area contributed by atoms with Crippen LogP contribution >= 0.6 is 0 Å². The van der Waals surface area contributed by atoms with Crippen LogP contribution in [0, 0.1) is 6.92 Å². The molecule has 1 rings (SSSR count). The minimum atomic E-state index is -0.840. The van der Waals surface area contributed by atoms with Gasteiger partial charge in [0, 0.05) is 6.54 Å². The molecule has 18 heavy (non-hydrogen) atoms. The Hall–Kier alpha value is -1.36. The van der Waals surface area contributed by atoms with E-state index in [4.69, 9.17) is 4.52 Å². The molecular weight excluding hydrogens is 232 g/mol. The fraction of sp³-hybridized carbons (Fsp3) is 0.692. The fourth-order valence-electron chi connectivity index (χ4n) is 1.78. The van der Waals surface area contributed by atoms with E-state index in [2.05, 4.69) is 10.5 Å². The second-order valence-corrected chi connectivity index (χ2v) is 4.53. The Morgan fingerprint density at radius 1 is 1.39 bits per heavy atom. The summed E-state index contributed by atoms with van der Waals surface area (Å²) in [6, 6.07) is 0. The number of nitrogens with zero attached hydrogens (tertiary/aromatic N) is 1. The van der Waals surface area contributed by atoms with Crippen LogP contribution in [0.2, 0.25) is 0 Å². The Morgan fingerprint density at radius 3 is 2.50 bits per heavy atom. The minimum absolute atomic E-state index is 0.231. The molecule has 0 aromatic carbocycles. The van der Waals surface area contributed by atoms with Crippen molar-refractivity contribution >= 4 is 5.91 Å². The maximum Gasteiger partial charge on any atom is 0.256 e. The van der Waals surface area contributed by atoms with E-state index in [9.17, 15) is 9.90 Å². The summed E-state index contributed by atoms with van der Waals surface area (Å²) in [5.74, 6) is 0.284. The van der Waals surface area contributed by atoms with Crippen LogP contribution in [0.25, 0.3) is 0 Å². The van der Waals surface area contributed by atoms with Crippen molar-refractivity contribution in [1.29, 1.82) is 0 Å². The molecule has 0 radical (unpaired) electrons. The Kier molecular flexibility index (Phi) is 4.90. The average molecular weight is 254 g/mol. The van der Waals surface area contributed by atoms with Gasteiger partial charge >= 0.3 is 0 Å². The van der Waals surface area contributed by atoms with Crippen molar-refractivity contribution in [1.82, 2.24) is 10.5 Å². The zero-order valence-electron chi connectivity index (χ0n) is 11.5. The van der Waals surface area contributed by atoms with Crippen LogP contribution in [0.4, 0.5) is 0 Å². The van der Waals surface area contributed by atoms with Crippen LogP contribution in [0.5, 0.6) is 0 Å². The average Bonchev–Trinajstić information content (AvgIpc) is 2.76. The van der Waals surface area contributed by atoms with Gasteiger partial charge in [-0.1, -0.05) is 25.9 Å². The van der Waals surface area contributed by atoms with Crippen molar-refractivity contribution in [2.75, 3.05) is 6.54 Å². The van der Waals surface area contributed by atoms with Crippen molar-refractivity contribution < 1.29 is 14.4 Å². The summed E-state index contributed by atoms with van der Waals surface area (Å²) in [7, 11) is 0. The molecule has 1 amide bonds. The molecule has 1 aromatic rings. The number of carbonyl (C=O) groups is 1. The van der Waals surface area contributed by atoms with E-state index >= 15 is 0 Å². The minimum Gasteiger partial charge on any atom is -0.388 e. The number of rotatable bonds is 6. The summed E-state index contributed by atoms with van der Waals surface area (Å²) in [6.07, 6.45) is 1.85. The molecule has 0 saturated heterocycles. The highest BCUT2D eigenvalue weighted by molar-refractivity contribution is 5.96. The third kappa shape index (κ3) is 3.10. The smallest absolute Gasteiger partial charge is 0.256 e. The van der Waals surface area contributed by atoms with Gasteiger partial charge in [-0.05, 0) is 26.2 Å². The molecule has 0 fully saturated rings. The predicted octanol–water partition coefficient (Wildman–Crippen LogP) is 1.83. The SMILES string of the molecule is CCc1noc(C)c1C(=O)NCC(O)(CC)CC. The number of hydrogen-bond acceptors (Lipinski definition) is 4. The quantitative estimate of drug-likeness (QED) is 0.812. The van der Waals surface area contributed by atoms with Crippen LogP contribution in [0.1, 0.15) is 55.4 Å². The van der Waals surface area contributed by atoms with Crippen LogP contribution in [0.3, 0.4) is 0 Å². The van der Waals surface area contributed by atoms with Crippen molar-refractivity contribution in [3.05, 3.63) is 17.0 Å². The second-order valence-electron chi connectivity index (χ2n) is 4.53. The molecular formula is C13H22N2O3. The third-order valence-corrected chi connectivity index (χ3v) is 3.39. The molecule has 5 heteroatoms. The standard InChI is InChI=1S/C13H22N2O3/c1-5-10-11(9(4)18-15-10)12(16)14-8-13(17,6-2)7-3/h17H,5-8H2,1-4H3,(H,14,16). The van der Waals surface area contributed by atoms with Gasteiger partial charge in [-0.2, -0.15) is 0 Å².